The van der Waals surface area contributed by atoms with Gasteiger partial charge in [0.1, 0.15) is 7.05 Å². The molecular formula is C26H21N2+. The van der Waals surface area contributed by atoms with Crippen molar-refractivity contribution in [1.82, 2.24) is 4.98 Å². The monoisotopic (exact) mass is 361 g/mol. The van der Waals surface area contributed by atoms with Gasteiger partial charge in [0.05, 0.1) is 11.6 Å². The first-order chi connectivity index (χ1) is 13.7. The molecule has 0 saturated heterocycles. The number of rotatable bonds is 1. The molecule has 134 valence electrons. The van der Waals surface area contributed by atoms with Gasteiger partial charge in [0.25, 0.3) is 0 Å². The molecule has 2 unspecified atom stereocenters. The fourth-order valence-corrected chi connectivity index (χ4v) is 5.24. The third kappa shape index (κ3) is 1.98. The third-order valence-corrected chi connectivity index (χ3v) is 6.46. The Morgan fingerprint density at radius 2 is 1.46 bits per heavy atom. The van der Waals surface area contributed by atoms with Gasteiger partial charge >= 0.3 is 0 Å². The van der Waals surface area contributed by atoms with E-state index in [-0.39, 0.29) is 11.8 Å². The van der Waals surface area contributed by atoms with Gasteiger partial charge in [0, 0.05) is 29.8 Å². The molecule has 2 heterocycles. The molecule has 0 aliphatic heterocycles. The van der Waals surface area contributed by atoms with E-state index >= 15 is 0 Å². The van der Waals surface area contributed by atoms with E-state index in [4.69, 9.17) is 4.98 Å². The number of hydrogen-bond acceptors (Lipinski definition) is 1. The van der Waals surface area contributed by atoms with Gasteiger partial charge in [0.2, 0.25) is 5.69 Å². The third-order valence-electron chi connectivity index (χ3n) is 6.46. The number of aromatic nitrogens is 2. The van der Waals surface area contributed by atoms with Crippen molar-refractivity contribution in [3.05, 3.63) is 118 Å². The van der Waals surface area contributed by atoms with Crippen LogP contribution in [0.25, 0.3) is 11.3 Å². The zero-order valence-corrected chi connectivity index (χ0v) is 16.1. The van der Waals surface area contributed by atoms with Crippen molar-refractivity contribution in [2.75, 3.05) is 0 Å². The molecule has 2 atom stereocenters. The summed E-state index contributed by atoms with van der Waals surface area (Å²) in [5.74, 6) is 0.512. The molecule has 3 aliphatic rings. The minimum absolute atomic E-state index is 0.240. The number of hydrogen-bond donors (Lipinski definition) is 0. The summed E-state index contributed by atoms with van der Waals surface area (Å²) in [6.07, 6.45) is 4.06. The molecule has 2 bridgehead atoms. The van der Waals surface area contributed by atoms with Crippen LogP contribution in [0.4, 0.5) is 0 Å². The van der Waals surface area contributed by atoms with Gasteiger partial charge in [0.15, 0.2) is 6.20 Å². The van der Waals surface area contributed by atoms with Crippen LogP contribution >= 0.6 is 0 Å². The second-order valence-corrected chi connectivity index (χ2v) is 7.97. The second-order valence-electron chi connectivity index (χ2n) is 7.97. The molecule has 3 aliphatic carbocycles. The van der Waals surface area contributed by atoms with Crippen molar-refractivity contribution in [2.24, 2.45) is 7.05 Å². The standard InChI is InChI=1S/C26H21N2/c1-16-14-21-22(15-20(16)23-11-5-6-13-28(23)2)24-17-8-3-4-9-18(17)25(21)26-19(24)10-7-12-27-26/h3-15,24-25H,1-2H3/q+1. The number of benzene rings is 2. The van der Waals surface area contributed by atoms with E-state index in [1.807, 2.05) is 6.20 Å². The van der Waals surface area contributed by atoms with E-state index in [0.717, 1.165) is 0 Å². The molecule has 7 rings (SSSR count). The highest BCUT2D eigenvalue weighted by molar-refractivity contribution is 5.72. The van der Waals surface area contributed by atoms with Gasteiger partial charge in [-0.15, -0.1) is 0 Å². The molecule has 0 amide bonds. The molecule has 2 nitrogen and oxygen atoms in total. The molecular weight excluding hydrogens is 340 g/mol. The summed E-state index contributed by atoms with van der Waals surface area (Å²) < 4.78 is 2.21. The Bertz CT molecular complexity index is 1210. The van der Waals surface area contributed by atoms with Crippen LogP contribution in [0.5, 0.6) is 0 Å². The number of nitrogens with zero attached hydrogens (tertiary/aromatic N) is 2. The Labute approximate surface area is 165 Å². The molecule has 2 heteroatoms. The fraction of sp³-hybridized carbons (Fsp3) is 0.154. The average Bonchev–Trinajstić information content (AvgIpc) is 2.73. The lowest BCUT2D eigenvalue weighted by Crippen LogP contribution is -2.31. The Morgan fingerprint density at radius 1 is 0.750 bits per heavy atom. The molecule has 2 aromatic carbocycles. The summed E-state index contributed by atoms with van der Waals surface area (Å²) in [6.45, 7) is 2.23. The lowest BCUT2D eigenvalue weighted by Gasteiger charge is -2.41. The Hall–Kier alpha value is -3.26. The smallest absolute Gasteiger partial charge is 0.212 e. The zero-order valence-electron chi connectivity index (χ0n) is 16.1. The van der Waals surface area contributed by atoms with Crippen LogP contribution in [0.2, 0.25) is 0 Å². The van der Waals surface area contributed by atoms with Crippen molar-refractivity contribution < 1.29 is 4.57 Å². The maximum atomic E-state index is 4.82. The Morgan fingerprint density at radius 3 is 2.29 bits per heavy atom. The van der Waals surface area contributed by atoms with E-state index in [9.17, 15) is 0 Å². The lowest BCUT2D eigenvalue weighted by atomic mass is 9.62. The highest BCUT2D eigenvalue weighted by Gasteiger charge is 2.42. The van der Waals surface area contributed by atoms with Gasteiger partial charge in [-0.2, -0.15) is 0 Å². The molecule has 28 heavy (non-hydrogen) atoms. The van der Waals surface area contributed by atoms with Crippen LogP contribution in [0.15, 0.2) is 79.1 Å². The molecule has 0 radical (unpaired) electrons. The van der Waals surface area contributed by atoms with Gasteiger partial charge in [-0.1, -0.05) is 36.4 Å². The van der Waals surface area contributed by atoms with Crippen LogP contribution in [0, 0.1) is 6.92 Å². The minimum atomic E-state index is 0.240. The van der Waals surface area contributed by atoms with Crippen LogP contribution in [0.3, 0.4) is 0 Å². The summed E-state index contributed by atoms with van der Waals surface area (Å²) in [6, 6.07) is 24.5. The van der Waals surface area contributed by atoms with E-state index in [0.29, 0.717) is 0 Å². The predicted octanol–water partition coefficient (Wildman–Crippen LogP) is 4.87. The number of aryl methyl sites for hydroxylation is 2. The van der Waals surface area contributed by atoms with Crippen LogP contribution in [-0.2, 0) is 7.05 Å². The minimum Gasteiger partial charge on any atom is -0.260 e. The van der Waals surface area contributed by atoms with E-state index in [1.165, 1.54) is 50.3 Å². The largest absolute Gasteiger partial charge is 0.260 e. The van der Waals surface area contributed by atoms with Crippen LogP contribution in [0.1, 0.15) is 50.9 Å². The summed E-state index contributed by atoms with van der Waals surface area (Å²) in [5, 5.41) is 0. The average molecular weight is 361 g/mol. The SMILES string of the molecule is Cc1cc2c(cc1-c1cccc[n+]1C)C1c3ccccc3C2c2ncccc21. The molecule has 0 saturated carbocycles. The van der Waals surface area contributed by atoms with E-state index in [1.54, 1.807) is 0 Å². The van der Waals surface area contributed by atoms with Gasteiger partial charge in [-0.3, -0.25) is 4.98 Å². The summed E-state index contributed by atoms with van der Waals surface area (Å²) in [4.78, 5) is 4.82. The maximum absolute atomic E-state index is 4.82. The van der Waals surface area contributed by atoms with Crippen LogP contribution < -0.4 is 4.57 Å². The van der Waals surface area contributed by atoms with Gasteiger partial charge in [-0.25, -0.2) is 4.57 Å². The highest BCUT2D eigenvalue weighted by atomic mass is 14.9. The van der Waals surface area contributed by atoms with Crippen molar-refractivity contribution in [3.63, 3.8) is 0 Å². The Balaban J connectivity index is 1.66. The van der Waals surface area contributed by atoms with Crippen molar-refractivity contribution in [1.29, 1.82) is 0 Å². The quantitative estimate of drug-likeness (QED) is 0.382. The molecule has 0 fully saturated rings. The van der Waals surface area contributed by atoms with Gasteiger partial charge < -0.3 is 0 Å². The fourth-order valence-electron chi connectivity index (χ4n) is 5.24. The summed E-state index contributed by atoms with van der Waals surface area (Å²) in [5.41, 5.74) is 12.2. The molecule has 0 N–H and O–H groups in total. The highest BCUT2D eigenvalue weighted by Crippen LogP contribution is 2.55. The van der Waals surface area contributed by atoms with Crippen molar-refractivity contribution in [3.8, 4) is 11.3 Å². The topological polar surface area (TPSA) is 16.8 Å². The first kappa shape index (κ1) is 15.8. The molecule has 2 aromatic heterocycles. The second kappa shape index (κ2) is 5.62. The zero-order chi connectivity index (χ0) is 18.8. The van der Waals surface area contributed by atoms with E-state index in [2.05, 4.69) is 91.5 Å². The van der Waals surface area contributed by atoms with E-state index < -0.39 is 0 Å². The van der Waals surface area contributed by atoms with Crippen LogP contribution in [-0.4, -0.2) is 4.98 Å². The van der Waals surface area contributed by atoms with Crippen molar-refractivity contribution >= 4 is 0 Å². The first-order valence-electron chi connectivity index (χ1n) is 9.87. The summed E-state index contributed by atoms with van der Waals surface area (Å²) in [7, 11) is 2.12. The van der Waals surface area contributed by atoms with Crippen molar-refractivity contribution in [2.45, 2.75) is 18.8 Å². The lowest BCUT2D eigenvalue weighted by molar-refractivity contribution is -0.660. The van der Waals surface area contributed by atoms with Gasteiger partial charge in [-0.05, 0) is 58.5 Å². The normalized spacial score (nSPS) is 18.4. The number of pyridine rings is 2. The first-order valence-corrected chi connectivity index (χ1v) is 9.87. The Kier molecular flexibility index (Phi) is 3.16. The predicted molar refractivity (Wildman–Crippen MR) is 110 cm³/mol. The molecule has 4 aromatic rings. The summed E-state index contributed by atoms with van der Waals surface area (Å²) >= 11 is 0. The maximum Gasteiger partial charge on any atom is 0.212 e. The molecule has 0 spiro atoms.